The van der Waals surface area contributed by atoms with E-state index in [-0.39, 0.29) is 27.9 Å². The van der Waals surface area contributed by atoms with Crippen LogP contribution in [0.4, 0.5) is 0 Å². The smallest absolute Gasteiger partial charge is 0.160 e. The third kappa shape index (κ3) is 1.83. The van der Waals surface area contributed by atoms with Gasteiger partial charge in [-0.15, -0.1) is 0 Å². The van der Waals surface area contributed by atoms with Crippen molar-refractivity contribution in [3.05, 3.63) is 24.0 Å². The predicted octanol–water partition coefficient (Wildman–Crippen LogP) is 4.18. The molecule has 1 saturated carbocycles. The second-order valence-electron chi connectivity index (χ2n) is 9.03. The van der Waals surface area contributed by atoms with Crippen LogP contribution in [0.1, 0.15) is 59.8 Å². The van der Waals surface area contributed by atoms with E-state index in [1.54, 1.807) is 6.26 Å². The van der Waals surface area contributed by atoms with Crippen molar-refractivity contribution in [1.29, 1.82) is 0 Å². The lowest BCUT2D eigenvalue weighted by molar-refractivity contribution is -0.187. The second-order valence-corrected chi connectivity index (χ2v) is 9.03. The topological polar surface area (TPSA) is 35.5 Å². The summed E-state index contributed by atoms with van der Waals surface area (Å²) >= 11 is 0. The van der Waals surface area contributed by atoms with Crippen molar-refractivity contribution in [2.75, 3.05) is 6.61 Å². The van der Waals surface area contributed by atoms with Gasteiger partial charge in [0.05, 0.1) is 11.9 Å². The molecule has 2 aliphatic heterocycles. The zero-order valence-electron chi connectivity index (χ0n) is 14.8. The number of carbonyl (C=O) groups is 1. The summed E-state index contributed by atoms with van der Waals surface area (Å²) in [5, 5.41) is 0. The number of carbonyl (C=O) groups excluding carboxylic acids is 1. The molecule has 0 radical (unpaired) electrons. The fraction of sp³-hybridized carbons (Fsp3) is 0.750. The van der Waals surface area contributed by atoms with Crippen LogP contribution in [0, 0.1) is 16.7 Å². The molecule has 2 heterocycles. The van der Waals surface area contributed by atoms with Gasteiger partial charge in [-0.1, -0.05) is 27.2 Å². The summed E-state index contributed by atoms with van der Waals surface area (Å²) in [5.74, 6) is 0.358. The molecule has 126 valence electrons. The van der Waals surface area contributed by atoms with Crippen LogP contribution < -0.4 is 0 Å². The van der Waals surface area contributed by atoms with Gasteiger partial charge in [-0.3, -0.25) is 4.79 Å². The molecule has 1 saturated heterocycles. The van der Waals surface area contributed by atoms with Crippen LogP contribution in [0.5, 0.6) is 0 Å². The van der Waals surface area contributed by atoms with E-state index in [0.29, 0.717) is 12.4 Å². The molecule has 3 nitrogen and oxygen atoms in total. The first-order valence-corrected chi connectivity index (χ1v) is 8.97. The summed E-state index contributed by atoms with van der Waals surface area (Å²) in [6.45, 7) is 9.54. The Balaban J connectivity index is 1.84. The normalized spacial score (nSPS) is 47.7. The van der Waals surface area contributed by atoms with Gasteiger partial charge in [-0.25, -0.2) is 0 Å². The van der Waals surface area contributed by atoms with Crippen molar-refractivity contribution in [3.8, 4) is 0 Å². The van der Waals surface area contributed by atoms with Crippen molar-refractivity contribution in [2.24, 2.45) is 16.7 Å². The predicted molar refractivity (Wildman–Crippen MR) is 88.9 cm³/mol. The van der Waals surface area contributed by atoms with E-state index in [0.717, 1.165) is 31.3 Å². The molecule has 2 spiro atoms. The molecule has 2 fully saturated rings. The lowest BCUT2D eigenvalue weighted by Gasteiger charge is -2.60. The SMILES string of the molecule is CC1=CC(=O)C2C(C)(C)CCCC2(C)C12CCC1(C=COC1)O2. The molecule has 2 aliphatic carbocycles. The van der Waals surface area contributed by atoms with Gasteiger partial charge in [0.25, 0.3) is 0 Å². The highest BCUT2D eigenvalue weighted by atomic mass is 16.6. The number of ketones is 1. The maximum Gasteiger partial charge on any atom is 0.160 e. The highest BCUT2D eigenvalue weighted by Gasteiger charge is 2.67. The maximum absolute atomic E-state index is 12.9. The second kappa shape index (κ2) is 4.50. The lowest BCUT2D eigenvalue weighted by Crippen LogP contribution is -2.62. The number of allylic oxidation sites excluding steroid dienone is 1. The first kappa shape index (κ1) is 15.4. The average molecular weight is 316 g/mol. The van der Waals surface area contributed by atoms with Crippen molar-refractivity contribution in [3.63, 3.8) is 0 Å². The Labute approximate surface area is 139 Å². The monoisotopic (exact) mass is 316 g/mol. The summed E-state index contributed by atoms with van der Waals surface area (Å²) in [6.07, 6.45) is 11.1. The van der Waals surface area contributed by atoms with Crippen LogP contribution in [-0.4, -0.2) is 23.6 Å². The standard InChI is InChI=1S/C20H28O3/c1-14-12-15(21)16-17(2,3)6-5-7-18(16,4)20(14)9-8-19(23-20)10-11-22-13-19/h10-12,16H,5-9,13H2,1-4H3. The zero-order valence-corrected chi connectivity index (χ0v) is 14.8. The molecular formula is C20H28O3. The van der Waals surface area contributed by atoms with E-state index >= 15 is 0 Å². The molecule has 0 N–H and O–H groups in total. The van der Waals surface area contributed by atoms with Crippen molar-refractivity contribution in [2.45, 2.75) is 71.0 Å². The Bertz CT molecular complexity index is 616. The number of fused-ring (bicyclic) bond motifs is 2. The summed E-state index contributed by atoms with van der Waals surface area (Å²) < 4.78 is 12.3. The molecule has 23 heavy (non-hydrogen) atoms. The van der Waals surface area contributed by atoms with Gasteiger partial charge >= 0.3 is 0 Å². The van der Waals surface area contributed by atoms with Gasteiger partial charge in [0.15, 0.2) is 5.78 Å². The summed E-state index contributed by atoms with van der Waals surface area (Å²) in [5.41, 5.74) is 0.433. The van der Waals surface area contributed by atoms with Crippen molar-refractivity contribution in [1.82, 2.24) is 0 Å². The number of rotatable bonds is 0. The molecule has 0 bridgehead atoms. The average Bonchev–Trinajstić information content (AvgIpc) is 3.05. The molecule has 0 aromatic heterocycles. The minimum absolute atomic E-state index is 0.0371. The zero-order chi connectivity index (χ0) is 16.5. The van der Waals surface area contributed by atoms with Gasteiger partial charge in [0.2, 0.25) is 0 Å². The third-order valence-corrected chi connectivity index (χ3v) is 7.21. The van der Waals surface area contributed by atoms with Gasteiger partial charge in [0.1, 0.15) is 12.2 Å². The fourth-order valence-corrected chi connectivity index (χ4v) is 6.21. The van der Waals surface area contributed by atoms with Crippen LogP contribution in [0.2, 0.25) is 0 Å². The largest absolute Gasteiger partial charge is 0.498 e. The molecule has 4 atom stereocenters. The van der Waals surface area contributed by atoms with Crippen LogP contribution in [-0.2, 0) is 14.3 Å². The maximum atomic E-state index is 12.9. The lowest BCUT2D eigenvalue weighted by atomic mass is 9.46. The number of hydrogen-bond donors (Lipinski definition) is 0. The van der Waals surface area contributed by atoms with Crippen LogP contribution >= 0.6 is 0 Å². The molecule has 0 aromatic rings. The third-order valence-electron chi connectivity index (χ3n) is 7.21. The van der Waals surface area contributed by atoms with Crippen molar-refractivity contribution < 1.29 is 14.3 Å². The number of hydrogen-bond acceptors (Lipinski definition) is 3. The van der Waals surface area contributed by atoms with Gasteiger partial charge in [-0.2, -0.15) is 0 Å². The Morgan fingerprint density at radius 2 is 1.91 bits per heavy atom. The van der Waals surface area contributed by atoms with E-state index in [1.807, 2.05) is 6.08 Å². The quantitative estimate of drug-likeness (QED) is 0.672. The number of ether oxygens (including phenoxy) is 2. The Morgan fingerprint density at radius 3 is 2.61 bits per heavy atom. The van der Waals surface area contributed by atoms with E-state index < -0.39 is 0 Å². The molecular weight excluding hydrogens is 288 g/mol. The molecule has 4 unspecified atom stereocenters. The highest BCUT2D eigenvalue weighted by molar-refractivity contribution is 5.95. The Morgan fingerprint density at radius 1 is 1.13 bits per heavy atom. The van der Waals surface area contributed by atoms with E-state index in [9.17, 15) is 4.79 Å². The fourth-order valence-electron chi connectivity index (χ4n) is 6.21. The first-order chi connectivity index (χ1) is 10.7. The molecule has 4 aliphatic rings. The first-order valence-electron chi connectivity index (χ1n) is 8.97. The van der Waals surface area contributed by atoms with Crippen LogP contribution in [0.25, 0.3) is 0 Å². The van der Waals surface area contributed by atoms with E-state index in [1.165, 1.54) is 6.42 Å². The van der Waals surface area contributed by atoms with Gasteiger partial charge in [0, 0.05) is 11.3 Å². The summed E-state index contributed by atoms with van der Waals surface area (Å²) in [7, 11) is 0. The molecule has 4 rings (SSSR count). The molecule has 0 amide bonds. The van der Waals surface area contributed by atoms with Crippen molar-refractivity contribution >= 4 is 5.78 Å². The van der Waals surface area contributed by atoms with Gasteiger partial charge in [-0.05, 0) is 55.7 Å². The van der Waals surface area contributed by atoms with E-state index in [2.05, 4.69) is 33.8 Å². The Hall–Kier alpha value is -1.09. The minimum Gasteiger partial charge on any atom is -0.498 e. The molecule has 0 aromatic carbocycles. The summed E-state index contributed by atoms with van der Waals surface area (Å²) in [6, 6.07) is 0. The van der Waals surface area contributed by atoms with Gasteiger partial charge < -0.3 is 9.47 Å². The minimum atomic E-state index is -0.318. The summed E-state index contributed by atoms with van der Waals surface area (Å²) in [4.78, 5) is 12.9. The van der Waals surface area contributed by atoms with Crippen LogP contribution in [0.15, 0.2) is 24.0 Å². The molecule has 3 heteroatoms. The van der Waals surface area contributed by atoms with E-state index in [4.69, 9.17) is 9.47 Å². The Kier molecular flexibility index (Phi) is 3.02. The van der Waals surface area contributed by atoms with Crippen LogP contribution in [0.3, 0.4) is 0 Å². The highest BCUT2D eigenvalue weighted by Crippen LogP contribution is 2.65.